The summed E-state index contributed by atoms with van der Waals surface area (Å²) in [5, 5.41) is 2.78. The maximum absolute atomic E-state index is 11.8. The first kappa shape index (κ1) is 17.2. The average Bonchev–Trinajstić information content (AvgIpc) is 2.43. The Morgan fingerprint density at radius 1 is 1.19 bits per heavy atom. The number of nitrogens with one attached hydrogen (secondary N) is 1. The number of benzene rings is 1. The molecular weight excluding hydrogens is 270 g/mol. The lowest BCUT2D eigenvalue weighted by Gasteiger charge is -2.18. The number of ether oxygens (including phenoxy) is 2. The summed E-state index contributed by atoms with van der Waals surface area (Å²) in [6.45, 7) is 6.51. The highest BCUT2D eigenvalue weighted by molar-refractivity contribution is 5.76. The molecule has 1 aromatic carbocycles. The van der Waals surface area contributed by atoms with Crippen LogP contribution in [0.1, 0.15) is 37.4 Å². The van der Waals surface area contributed by atoms with Gasteiger partial charge in [-0.05, 0) is 19.4 Å². The number of esters is 1. The van der Waals surface area contributed by atoms with E-state index in [9.17, 15) is 9.59 Å². The lowest BCUT2D eigenvalue weighted by molar-refractivity contribution is -0.145. The van der Waals surface area contributed by atoms with Crippen LogP contribution in [0.25, 0.3) is 0 Å². The molecule has 0 aliphatic rings. The zero-order valence-corrected chi connectivity index (χ0v) is 12.8. The van der Waals surface area contributed by atoms with Gasteiger partial charge in [-0.3, -0.25) is 9.59 Å². The minimum Gasteiger partial charge on any atom is -0.463 e. The van der Waals surface area contributed by atoms with Crippen molar-refractivity contribution in [2.75, 3.05) is 19.8 Å². The van der Waals surface area contributed by atoms with Crippen molar-refractivity contribution in [1.82, 2.24) is 5.32 Å². The van der Waals surface area contributed by atoms with Crippen LogP contribution in [0.5, 0.6) is 0 Å². The first-order chi connectivity index (χ1) is 10.0. The van der Waals surface area contributed by atoms with Crippen molar-refractivity contribution in [1.29, 1.82) is 0 Å². The molecule has 1 N–H and O–H groups in total. The van der Waals surface area contributed by atoms with Gasteiger partial charge in [0, 0.05) is 13.5 Å². The molecule has 1 rings (SSSR count). The van der Waals surface area contributed by atoms with Gasteiger partial charge in [0.1, 0.15) is 6.61 Å². The first-order valence-electron chi connectivity index (χ1n) is 7.10. The number of aryl methyl sites for hydroxylation is 1. The minimum absolute atomic E-state index is 0.106. The molecule has 1 amide bonds. The number of rotatable bonds is 8. The molecular formula is C16H23NO4. The Morgan fingerprint density at radius 2 is 1.86 bits per heavy atom. The van der Waals surface area contributed by atoms with Crippen molar-refractivity contribution in [2.24, 2.45) is 0 Å². The largest absolute Gasteiger partial charge is 0.463 e. The second-order valence-corrected chi connectivity index (χ2v) is 4.79. The number of hydrogen-bond donors (Lipinski definition) is 1. The Labute approximate surface area is 125 Å². The summed E-state index contributed by atoms with van der Waals surface area (Å²) in [7, 11) is 0. The summed E-state index contributed by atoms with van der Waals surface area (Å²) >= 11 is 0. The second kappa shape index (κ2) is 9.13. The molecule has 1 aromatic rings. The molecule has 0 saturated carbocycles. The van der Waals surface area contributed by atoms with E-state index in [4.69, 9.17) is 9.47 Å². The lowest BCUT2D eigenvalue weighted by Crippen LogP contribution is -2.28. The van der Waals surface area contributed by atoms with E-state index in [2.05, 4.69) is 5.32 Å². The van der Waals surface area contributed by atoms with Gasteiger partial charge in [0.15, 0.2) is 0 Å². The molecule has 0 saturated heterocycles. The molecule has 0 aliphatic carbocycles. The zero-order chi connectivity index (χ0) is 15.7. The van der Waals surface area contributed by atoms with Gasteiger partial charge < -0.3 is 14.8 Å². The van der Waals surface area contributed by atoms with E-state index in [0.717, 1.165) is 11.1 Å². The number of carbonyl (C=O) groups excluding carboxylic acids is 2. The van der Waals surface area contributed by atoms with Crippen LogP contribution in [-0.4, -0.2) is 31.7 Å². The minimum atomic E-state index is -0.373. The van der Waals surface area contributed by atoms with Crippen LogP contribution >= 0.6 is 0 Å². The molecule has 21 heavy (non-hydrogen) atoms. The predicted octanol–water partition coefficient (Wildman–Crippen LogP) is 2.14. The summed E-state index contributed by atoms with van der Waals surface area (Å²) in [5.41, 5.74) is 2.01. The molecule has 0 spiro atoms. The number of hydrogen-bond acceptors (Lipinski definition) is 4. The molecule has 1 atom stereocenters. The Morgan fingerprint density at radius 3 is 2.43 bits per heavy atom. The fraction of sp³-hybridized carbons (Fsp3) is 0.500. The van der Waals surface area contributed by atoms with E-state index in [1.165, 1.54) is 6.92 Å². The third-order valence-electron chi connectivity index (χ3n) is 2.92. The standard InChI is InChI=1S/C16H23NO4/c1-4-20-9-10-21-16(19)11-15(17-13(3)18)14-7-5-12(2)6-8-14/h5-8,15H,4,9-11H2,1-3H3,(H,17,18). The van der Waals surface area contributed by atoms with Crippen LogP contribution in [0, 0.1) is 6.92 Å². The van der Waals surface area contributed by atoms with Crippen molar-refractivity contribution >= 4 is 11.9 Å². The van der Waals surface area contributed by atoms with Gasteiger partial charge in [-0.15, -0.1) is 0 Å². The summed E-state index contributed by atoms with van der Waals surface area (Å²) in [6.07, 6.45) is 0.106. The van der Waals surface area contributed by atoms with Gasteiger partial charge in [-0.2, -0.15) is 0 Å². The molecule has 0 bridgehead atoms. The van der Waals surface area contributed by atoms with Crippen LogP contribution < -0.4 is 5.32 Å². The van der Waals surface area contributed by atoms with Crippen molar-refractivity contribution in [3.05, 3.63) is 35.4 Å². The maximum atomic E-state index is 11.8. The molecule has 5 heteroatoms. The Bertz CT molecular complexity index is 456. The molecule has 5 nitrogen and oxygen atoms in total. The van der Waals surface area contributed by atoms with Crippen molar-refractivity contribution in [3.8, 4) is 0 Å². The molecule has 0 radical (unpaired) electrons. The van der Waals surface area contributed by atoms with Crippen molar-refractivity contribution in [3.63, 3.8) is 0 Å². The average molecular weight is 293 g/mol. The third kappa shape index (κ3) is 6.90. The second-order valence-electron chi connectivity index (χ2n) is 4.79. The smallest absolute Gasteiger partial charge is 0.308 e. The van der Waals surface area contributed by atoms with E-state index in [0.29, 0.717) is 13.2 Å². The Kier molecular flexibility index (Phi) is 7.46. The maximum Gasteiger partial charge on any atom is 0.308 e. The highest BCUT2D eigenvalue weighted by Gasteiger charge is 2.17. The van der Waals surface area contributed by atoms with Crippen LogP contribution in [0.15, 0.2) is 24.3 Å². The van der Waals surface area contributed by atoms with Gasteiger partial charge in [-0.1, -0.05) is 29.8 Å². The lowest BCUT2D eigenvalue weighted by atomic mass is 10.0. The molecule has 0 fully saturated rings. The van der Waals surface area contributed by atoms with Crippen LogP contribution in [0.4, 0.5) is 0 Å². The third-order valence-corrected chi connectivity index (χ3v) is 2.92. The summed E-state index contributed by atoms with van der Waals surface area (Å²) in [4.78, 5) is 23.1. The van der Waals surface area contributed by atoms with Gasteiger partial charge in [0.05, 0.1) is 19.1 Å². The van der Waals surface area contributed by atoms with E-state index in [1.54, 1.807) is 0 Å². The fourth-order valence-corrected chi connectivity index (χ4v) is 1.88. The van der Waals surface area contributed by atoms with E-state index < -0.39 is 0 Å². The number of carbonyl (C=O) groups is 2. The normalized spacial score (nSPS) is 11.8. The quantitative estimate of drug-likeness (QED) is 0.589. The van der Waals surface area contributed by atoms with Crippen LogP contribution in [0.2, 0.25) is 0 Å². The van der Waals surface area contributed by atoms with E-state index >= 15 is 0 Å². The molecule has 1 unspecified atom stereocenters. The summed E-state index contributed by atoms with van der Waals surface area (Å²) in [5.74, 6) is -0.531. The highest BCUT2D eigenvalue weighted by Crippen LogP contribution is 2.18. The van der Waals surface area contributed by atoms with Crippen molar-refractivity contribution < 1.29 is 19.1 Å². The first-order valence-corrected chi connectivity index (χ1v) is 7.10. The Hall–Kier alpha value is -1.88. The fourth-order valence-electron chi connectivity index (χ4n) is 1.88. The van der Waals surface area contributed by atoms with Gasteiger partial charge in [-0.25, -0.2) is 0 Å². The predicted molar refractivity (Wildman–Crippen MR) is 79.8 cm³/mol. The summed E-state index contributed by atoms with van der Waals surface area (Å²) < 4.78 is 10.2. The molecule has 116 valence electrons. The molecule has 0 aliphatic heterocycles. The topological polar surface area (TPSA) is 64.6 Å². The van der Waals surface area contributed by atoms with Crippen LogP contribution in [0.3, 0.4) is 0 Å². The SMILES string of the molecule is CCOCCOC(=O)CC(NC(C)=O)c1ccc(C)cc1. The van der Waals surface area contributed by atoms with Gasteiger partial charge in [0.2, 0.25) is 5.91 Å². The summed E-state index contributed by atoms with van der Waals surface area (Å²) in [6, 6.07) is 7.34. The Balaban J connectivity index is 2.59. The van der Waals surface area contributed by atoms with E-state index in [1.807, 2.05) is 38.1 Å². The van der Waals surface area contributed by atoms with Crippen LogP contribution in [-0.2, 0) is 19.1 Å². The van der Waals surface area contributed by atoms with Crippen molar-refractivity contribution in [2.45, 2.75) is 33.2 Å². The van der Waals surface area contributed by atoms with E-state index in [-0.39, 0.29) is 30.9 Å². The van der Waals surface area contributed by atoms with Gasteiger partial charge in [0.25, 0.3) is 0 Å². The zero-order valence-electron chi connectivity index (χ0n) is 12.8. The monoisotopic (exact) mass is 293 g/mol. The molecule has 0 aromatic heterocycles. The van der Waals surface area contributed by atoms with Gasteiger partial charge >= 0.3 is 5.97 Å². The molecule has 0 heterocycles. The highest BCUT2D eigenvalue weighted by atomic mass is 16.6. The number of amides is 1.